The number of alkyl halides is 1. The van der Waals surface area contributed by atoms with Crippen molar-refractivity contribution in [3.63, 3.8) is 0 Å². The molecule has 0 aromatic carbocycles. The number of methoxy groups -OCH3 is 1. The molecular weight excluding hydrogens is 256 g/mol. The summed E-state index contributed by atoms with van der Waals surface area (Å²) in [6, 6.07) is 0.961. The fourth-order valence-electron chi connectivity index (χ4n) is 4.96. The van der Waals surface area contributed by atoms with Crippen LogP contribution in [0.3, 0.4) is 0 Å². The van der Waals surface area contributed by atoms with Gasteiger partial charge in [0.25, 0.3) is 0 Å². The molecule has 2 saturated heterocycles. The van der Waals surface area contributed by atoms with Crippen molar-refractivity contribution in [1.29, 1.82) is 0 Å². The lowest BCUT2D eigenvalue weighted by molar-refractivity contribution is -0.154. The van der Waals surface area contributed by atoms with Crippen LogP contribution < -0.4 is 0 Å². The minimum atomic E-state index is -0.620. The van der Waals surface area contributed by atoms with Gasteiger partial charge in [-0.15, -0.1) is 0 Å². The molecule has 2 heterocycles. The Bertz CT molecular complexity index is 367. The lowest BCUT2D eigenvalue weighted by Crippen LogP contribution is -2.52. The van der Waals surface area contributed by atoms with Crippen molar-refractivity contribution in [1.82, 2.24) is 4.90 Å². The number of ether oxygens (including phenoxy) is 1. The van der Waals surface area contributed by atoms with E-state index in [0.29, 0.717) is 36.8 Å². The van der Waals surface area contributed by atoms with Crippen LogP contribution in [0.1, 0.15) is 44.9 Å². The lowest BCUT2D eigenvalue weighted by atomic mass is 9.67. The maximum absolute atomic E-state index is 13.4. The van der Waals surface area contributed by atoms with E-state index in [0.717, 1.165) is 25.7 Å². The number of hydrogen-bond acceptors (Lipinski definition) is 3. The average molecular weight is 282 g/mol. The molecule has 1 saturated carbocycles. The van der Waals surface area contributed by atoms with Crippen molar-refractivity contribution in [2.75, 3.05) is 14.2 Å². The van der Waals surface area contributed by atoms with Crippen LogP contribution in [0, 0.1) is 17.8 Å². The predicted octanol–water partition coefficient (Wildman–Crippen LogP) is 2.79. The predicted molar refractivity (Wildman–Crippen MR) is 75.0 cm³/mol. The van der Waals surface area contributed by atoms with E-state index in [1.165, 1.54) is 13.5 Å². The van der Waals surface area contributed by atoms with Gasteiger partial charge >= 0.3 is 5.97 Å². The third-order valence-corrected chi connectivity index (χ3v) is 6.10. The van der Waals surface area contributed by atoms with Crippen LogP contribution in [0.4, 0.5) is 4.39 Å². The smallest absolute Gasteiger partial charge is 0.310 e. The second-order valence-corrected chi connectivity index (χ2v) is 6.92. The summed E-state index contributed by atoms with van der Waals surface area (Å²) in [5, 5.41) is 0. The maximum Gasteiger partial charge on any atom is 0.310 e. The molecular formula is C16H26FNO2. The molecule has 0 spiro atoms. The molecule has 1 aliphatic carbocycles. The molecule has 4 unspecified atom stereocenters. The number of piperidine rings is 1. The van der Waals surface area contributed by atoms with E-state index < -0.39 is 6.17 Å². The van der Waals surface area contributed by atoms with E-state index >= 15 is 0 Å². The van der Waals surface area contributed by atoms with Gasteiger partial charge < -0.3 is 4.74 Å². The molecule has 0 radical (unpaired) electrons. The summed E-state index contributed by atoms with van der Waals surface area (Å²) < 4.78 is 18.5. The first-order valence-corrected chi connectivity index (χ1v) is 8.05. The monoisotopic (exact) mass is 282 g/mol. The highest BCUT2D eigenvalue weighted by Gasteiger charge is 2.51. The molecule has 0 aromatic heterocycles. The van der Waals surface area contributed by atoms with Crippen molar-refractivity contribution in [3.05, 3.63) is 0 Å². The van der Waals surface area contributed by atoms with Crippen molar-refractivity contribution < 1.29 is 13.9 Å². The molecule has 3 aliphatic rings. The summed E-state index contributed by atoms with van der Waals surface area (Å²) in [6.45, 7) is 0. The Morgan fingerprint density at radius 1 is 1.15 bits per heavy atom. The Morgan fingerprint density at radius 3 is 2.50 bits per heavy atom. The number of nitrogens with zero attached hydrogens (tertiary/aromatic N) is 1. The molecule has 2 bridgehead atoms. The highest BCUT2D eigenvalue weighted by molar-refractivity contribution is 5.74. The minimum absolute atomic E-state index is 0.00455. The van der Waals surface area contributed by atoms with E-state index in [9.17, 15) is 9.18 Å². The Morgan fingerprint density at radius 2 is 1.85 bits per heavy atom. The van der Waals surface area contributed by atoms with E-state index in [1.54, 1.807) is 0 Å². The van der Waals surface area contributed by atoms with E-state index in [4.69, 9.17) is 4.74 Å². The normalized spacial score (nSPS) is 45.4. The molecule has 20 heavy (non-hydrogen) atoms. The SMILES string of the molecule is COC(=O)C1C(C2CCC(F)CC2)CC2CCC1N2[11CH3]. The molecule has 0 amide bonds. The number of hydrogen-bond donors (Lipinski definition) is 0. The Labute approximate surface area is 120 Å². The molecule has 0 aromatic rings. The number of esters is 1. The zero-order valence-electron chi connectivity index (χ0n) is 12.6. The van der Waals surface area contributed by atoms with Gasteiger partial charge in [-0.1, -0.05) is 0 Å². The summed E-state index contributed by atoms with van der Waals surface area (Å²) in [5.74, 6) is 0.881. The van der Waals surface area contributed by atoms with Crippen LogP contribution in [0.15, 0.2) is 0 Å². The second kappa shape index (κ2) is 5.63. The number of fused-ring (bicyclic) bond motifs is 2. The Kier molecular flexibility index (Phi) is 4.02. The zero-order chi connectivity index (χ0) is 14.3. The highest BCUT2D eigenvalue weighted by Crippen LogP contribution is 2.48. The fraction of sp³-hybridized carbons (Fsp3) is 0.938. The van der Waals surface area contributed by atoms with Gasteiger partial charge in [-0.25, -0.2) is 4.39 Å². The van der Waals surface area contributed by atoms with Gasteiger partial charge in [-0.3, -0.25) is 9.69 Å². The highest BCUT2D eigenvalue weighted by atomic mass is 19.1. The van der Waals surface area contributed by atoms with Crippen LogP contribution in [-0.4, -0.2) is 43.3 Å². The van der Waals surface area contributed by atoms with Gasteiger partial charge in [-0.05, 0) is 63.8 Å². The lowest BCUT2D eigenvalue weighted by Gasteiger charge is -2.45. The Hall–Kier alpha value is -0.640. The van der Waals surface area contributed by atoms with Crippen LogP contribution in [0.25, 0.3) is 0 Å². The molecule has 0 N–H and O–H groups in total. The number of carbonyl (C=O) groups excluding carboxylic acids is 1. The first kappa shape index (κ1) is 14.3. The number of halogens is 1. The fourth-order valence-corrected chi connectivity index (χ4v) is 4.96. The quantitative estimate of drug-likeness (QED) is 0.729. The first-order chi connectivity index (χ1) is 9.61. The molecule has 2 aliphatic heterocycles. The van der Waals surface area contributed by atoms with Crippen LogP contribution >= 0.6 is 0 Å². The molecule has 3 rings (SSSR count). The number of carbonyl (C=O) groups is 1. The summed E-state index contributed by atoms with van der Waals surface area (Å²) in [6.07, 6.45) is 6.03. The van der Waals surface area contributed by atoms with Gasteiger partial charge in [0.05, 0.1) is 13.0 Å². The van der Waals surface area contributed by atoms with Gasteiger partial charge in [-0.2, -0.15) is 0 Å². The molecule has 114 valence electrons. The topological polar surface area (TPSA) is 29.5 Å². The second-order valence-electron chi connectivity index (χ2n) is 6.92. The van der Waals surface area contributed by atoms with E-state index in [2.05, 4.69) is 11.9 Å². The molecule has 4 atom stereocenters. The largest absolute Gasteiger partial charge is 0.469 e. The van der Waals surface area contributed by atoms with Crippen LogP contribution in [-0.2, 0) is 9.53 Å². The first-order valence-electron chi connectivity index (χ1n) is 8.05. The van der Waals surface area contributed by atoms with Gasteiger partial charge in [0, 0.05) is 12.1 Å². The van der Waals surface area contributed by atoms with Crippen molar-refractivity contribution in [2.24, 2.45) is 17.8 Å². The number of rotatable bonds is 2. The summed E-state index contributed by atoms with van der Waals surface area (Å²) in [5.41, 5.74) is 0. The summed E-state index contributed by atoms with van der Waals surface area (Å²) in [7, 11) is 3.64. The summed E-state index contributed by atoms with van der Waals surface area (Å²) >= 11 is 0. The maximum atomic E-state index is 13.4. The minimum Gasteiger partial charge on any atom is -0.469 e. The third-order valence-electron chi connectivity index (χ3n) is 6.10. The van der Waals surface area contributed by atoms with Gasteiger partial charge in [0.1, 0.15) is 6.17 Å². The van der Waals surface area contributed by atoms with E-state index in [-0.39, 0.29) is 11.9 Å². The van der Waals surface area contributed by atoms with Crippen molar-refractivity contribution >= 4 is 5.97 Å². The van der Waals surface area contributed by atoms with Gasteiger partial charge in [0.15, 0.2) is 0 Å². The van der Waals surface area contributed by atoms with E-state index in [1.807, 2.05) is 0 Å². The average Bonchev–Trinajstić information content (AvgIpc) is 2.70. The van der Waals surface area contributed by atoms with Crippen LogP contribution in [0.5, 0.6) is 0 Å². The standard InChI is InChI=1S/C16H26FNO2/c1-18-12-7-8-14(18)15(16(19)20-2)13(9-12)10-3-5-11(17)6-4-10/h10-15H,3-9H2,1-2H3/i1-1. The summed E-state index contributed by atoms with van der Waals surface area (Å²) in [4.78, 5) is 14.7. The molecule has 3 nitrogen and oxygen atoms in total. The van der Waals surface area contributed by atoms with Crippen molar-refractivity contribution in [3.8, 4) is 0 Å². The molecule has 3 fully saturated rings. The third kappa shape index (κ3) is 2.36. The Balaban J connectivity index is 1.79. The van der Waals surface area contributed by atoms with Crippen molar-refractivity contribution in [2.45, 2.75) is 63.2 Å². The molecule has 4 heteroatoms. The zero-order valence-corrected chi connectivity index (χ0v) is 12.6. The van der Waals surface area contributed by atoms with Crippen LogP contribution in [0.2, 0.25) is 0 Å². The van der Waals surface area contributed by atoms with Gasteiger partial charge in [0.2, 0.25) is 0 Å².